The number of hydrogen-bond donors (Lipinski definition) is 1. The number of amides is 1. The fraction of sp³-hybridized carbons (Fsp3) is 0.350. The Morgan fingerprint density at radius 2 is 1.88 bits per heavy atom. The molecule has 0 aliphatic rings. The van der Waals surface area contributed by atoms with E-state index in [2.05, 4.69) is 17.2 Å². The van der Waals surface area contributed by atoms with E-state index in [4.69, 9.17) is 4.74 Å². The number of benzene rings is 1. The molecule has 0 fully saturated rings. The molecule has 1 aromatic heterocycles. The van der Waals surface area contributed by atoms with Gasteiger partial charge in [-0.05, 0) is 42.8 Å². The summed E-state index contributed by atoms with van der Waals surface area (Å²) in [6.45, 7) is 2.84. The lowest BCUT2D eigenvalue weighted by Gasteiger charge is -2.07. The van der Waals surface area contributed by atoms with Crippen LogP contribution in [0.2, 0.25) is 0 Å². The number of nitrogens with zero attached hydrogens (tertiary/aromatic N) is 1. The standard InChI is InChI=1S/C20H24N2O3/c1-2-3-4-14-25-18-9-7-16(8-10-18)19(23)11-12-20(24)22-17-6-5-13-21-15-17/h5-10,13,15H,2-4,11-12,14H2,1H3,(H,22,24). The molecule has 2 aromatic rings. The Labute approximate surface area is 148 Å². The molecule has 25 heavy (non-hydrogen) atoms. The predicted octanol–water partition coefficient (Wildman–Crippen LogP) is 4.25. The lowest BCUT2D eigenvalue weighted by atomic mass is 10.1. The van der Waals surface area contributed by atoms with E-state index in [1.807, 2.05) is 0 Å². The second-order valence-corrected chi connectivity index (χ2v) is 5.79. The van der Waals surface area contributed by atoms with E-state index in [0.717, 1.165) is 25.0 Å². The van der Waals surface area contributed by atoms with Crippen LogP contribution in [0, 0.1) is 0 Å². The first-order valence-corrected chi connectivity index (χ1v) is 8.65. The normalized spacial score (nSPS) is 10.3. The van der Waals surface area contributed by atoms with Crippen LogP contribution in [0.25, 0.3) is 0 Å². The fourth-order valence-electron chi connectivity index (χ4n) is 2.31. The number of hydrogen-bond acceptors (Lipinski definition) is 4. The highest BCUT2D eigenvalue weighted by atomic mass is 16.5. The minimum absolute atomic E-state index is 0.0566. The average molecular weight is 340 g/mol. The summed E-state index contributed by atoms with van der Waals surface area (Å²) in [6, 6.07) is 10.6. The SMILES string of the molecule is CCCCCOc1ccc(C(=O)CCC(=O)Nc2cccnc2)cc1. The second kappa shape index (κ2) is 10.2. The number of carbonyl (C=O) groups excluding carboxylic acids is 2. The quantitative estimate of drug-likeness (QED) is 0.518. The number of ether oxygens (including phenoxy) is 1. The lowest BCUT2D eigenvalue weighted by Crippen LogP contribution is -2.13. The number of aromatic nitrogens is 1. The van der Waals surface area contributed by atoms with E-state index >= 15 is 0 Å². The highest BCUT2D eigenvalue weighted by molar-refractivity contribution is 6.00. The smallest absolute Gasteiger partial charge is 0.224 e. The van der Waals surface area contributed by atoms with Gasteiger partial charge in [-0.1, -0.05) is 19.8 Å². The van der Waals surface area contributed by atoms with Crippen molar-refractivity contribution in [1.29, 1.82) is 0 Å². The number of nitrogens with one attached hydrogen (secondary N) is 1. The largest absolute Gasteiger partial charge is 0.494 e. The number of rotatable bonds is 10. The van der Waals surface area contributed by atoms with E-state index < -0.39 is 0 Å². The van der Waals surface area contributed by atoms with Crippen molar-refractivity contribution in [2.45, 2.75) is 39.0 Å². The first kappa shape index (κ1) is 18.6. The molecule has 2 rings (SSSR count). The molecule has 0 aliphatic carbocycles. The Morgan fingerprint density at radius 1 is 1.08 bits per heavy atom. The summed E-state index contributed by atoms with van der Waals surface area (Å²) in [5, 5.41) is 2.72. The number of Topliss-reactive ketones (excluding diaryl/α,β-unsaturated/α-hetero) is 1. The predicted molar refractivity (Wildman–Crippen MR) is 97.9 cm³/mol. The Bertz CT molecular complexity index is 669. The van der Waals surface area contributed by atoms with Gasteiger partial charge in [0, 0.05) is 24.6 Å². The summed E-state index contributed by atoms with van der Waals surface area (Å²) in [6.07, 6.45) is 6.85. The van der Waals surface area contributed by atoms with Gasteiger partial charge in [0.2, 0.25) is 5.91 Å². The van der Waals surface area contributed by atoms with Crippen LogP contribution >= 0.6 is 0 Å². The van der Waals surface area contributed by atoms with Crippen molar-refractivity contribution >= 4 is 17.4 Å². The first-order valence-electron chi connectivity index (χ1n) is 8.65. The first-order chi connectivity index (χ1) is 12.2. The lowest BCUT2D eigenvalue weighted by molar-refractivity contribution is -0.116. The van der Waals surface area contributed by atoms with Crippen LogP contribution in [0.4, 0.5) is 5.69 Å². The highest BCUT2D eigenvalue weighted by Crippen LogP contribution is 2.15. The van der Waals surface area contributed by atoms with Gasteiger partial charge in [0.05, 0.1) is 18.5 Å². The molecule has 0 atom stereocenters. The van der Waals surface area contributed by atoms with Crippen LogP contribution in [0.1, 0.15) is 49.4 Å². The molecule has 1 heterocycles. The van der Waals surface area contributed by atoms with Crippen LogP contribution in [0.3, 0.4) is 0 Å². The van der Waals surface area contributed by atoms with E-state index in [1.165, 1.54) is 0 Å². The number of unbranched alkanes of at least 4 members (excludes halogenated alkanes) is 2. The zero-order valence-corrected chi connectivity index (χ0v) is 14.5. The van der Waals surface area contributed by atoms with E-state index in [9.17, 15) is 9.59 Å². The van der Waals surface area contributed by atoms with Crippen molar-refractivity contribution in [3.05, 3.63) is 54.4 Å². The summed E-state index contributed by atoms with van der Waals surface area (Å²) < 4.78 is 5.63. The van der Waals surface area contributed by atoms with Gasteiger partial charge < -0.3 is 10.1 Å². The third kappa shape index (κ3) is 6.75. The van der Waals surface area contributed by atoms with Gasteiger partial charge >= 0.3 is 0 Å². The third-order valence-electron chi connectivity index (χ3n) is 3.72. The van der Waals surface area contributed by atoms with Gasteiger partial charge in [-0.2, -0.15) is 0 Å². The van der Waals surface area contributed by atoms with Crippen molar-refractivity contribution in [2.75, 3.05) is 11.9 Å². The Balaban J connectivity index is 1.75. The van der Waals surface area contributed by atoms with Crippen LogP contribution in [-0.2, 0) is 4.79 Å². The van der Waals surface area contributed by atoms with Crippen LogP contribution in [0.5, 0.6) is 5.75 Å². The van der Waals surface area contributed by atoms with Crippen molar-refractivity contribution in [3.63, 3.8) is 0 Å². The van der Waals surface area contributed by atoms with Gasteiger partial charge in [0.15, 0.2) is 5.78 Å². The molecule has 1 aromatic carbocycles. The summed E-state index contributed by atoms with van der Waals surface area (Å²) in [4.78, 5) is 28.0. The monoisotopic (exact) mass is 340 g/mol. The Morgan fingerprint density at radius 3 is 2.56 bits per heavy atom. The van der Waals surface area contributed by atoms with E-state index in [-0.39, 0.29) is 24.5 Å². The summed E-state index contributed by atoms with van der Waals surface area (Å²) in [7, 11) is 0. The molecule has 0 aliphatic heterocycles. The number of pyridine rings is 1. The molecule has 1 amide bonds. The zero-order valence-electron chi connectivity index (χ0n) is 14.5. The summed E-state index contributed by atoms with van der Waals surface area (Å²) in [5.74, 6) is 0.512. The third-order valence-corrected chi connectivity index (χ3v) is 3.72. The van der Waals surface area contributed by atoms with E-state index in [1.54, 1.807) is 48.8 Å². The molecule has 1 N–H and O–H groups in total. The molecular formula is C20H24N2O3. The average Bonchev–Trinajstić information content (AvgIpc) is 2.64. The van der Waals surface area contributed by atoms with Gasteiger partial charge in [0.1, 0.15) is 5.75 Å². The number of ketones is 1. The van der Waals surface area contributed by atoms with Gasteiger partial charge in [-0.15, -0.1) is 0 Å². The number of carbonyl (C=O) groups is 2. The minimum Gasteiger partial charge on any atom is -0.494 e. The molecule has 0 saturated heterocycles. The maximum Gasteiger partial charge on any atom is 0.224 e. The van der Waals surface area contributed by atoms with E-state index in [0.29, 0.717) is 17.9 Å². The van der Waals surface area contributed by atoms with Crippen LogP contribution in [0.15, 0.2) is 48.8 Å². The maximum atomic E-state index is 12.2. The van der Waals surface area contributed by atoms with Crippen LogP contribution in [-0.4, -0.2) is 23.3 Å². The molecule has 5 nitrogen and oxygen atoms in total. The zero-order chi connectivity index (χ0) is 17.9. The highest BCUT2D eigenvalue weighted by Gasteiger charge is 2.10. The molecule has 132 valence electrons. The second-order valence-electron chi connectivity index (χ2n) is 5.79. The maximum absolute atomic E-state index is 12.2. The Hall–Kier alpha value is -2.69. The molecule has 0 bridgehead atoms. The van der Waals surface area contributed by atoms with Gasteiger partial charge in [-0.3, -0.25) is 14.6 Å². The summed E-state index contributed by atoms with van der Waals surface area (Å²) in [5.41, 5.74) is 1.22. The fourth-order valence-corrected chi connectivity index (χ4v) is 2.31. The van der Waals surface area contributed by atoms with Crippen molar-refractivity contribution in [1.82, 2.24) is 4.98 Å². The van der Waals surface area contributed by atoms with Gasteiger partial charge in [0.25, 0.3) is 0 Å². The van der Waals surface area contributed by atoms with Crippen molar-refractivity contribution < 1.29 is 14.3 Å². The molecule has 0 saturated carbocycles. The topological polar surface area (TPSA) is 68.3 Å². The molecule has 5 heteroatoms. The molecule has 0 radical (unpaired) electrons. The molecular weight excluding hydrogens is 316 g/mol. The van der Waals surface area contributed by atoms with Crippen molar-refractivity contribution in [2.24, 2.45) is 0 Å². The number of anilines is 1. The van der Waals surface area contributed by atoms with Crippen LogP contribution < -0.4 is 10.1 Å². The molecule has 0 unspecified atom stereocenters. The minimum atomic E-state index is -0.197. The van der Waals surface area contributed by atoms with Crippen molar-refractivity contribution in [3.8, 4) is 5.75 Å². The Kier molecular flexibility index (Phi) is 7.63. The summed E-state index contributed by atoms with van der Waals surface area (Å²) >= 11 is 0. The molecule has 0 spiro atoms. The van der Waals surface area contributed by atoms with Gasteiger partial charge in [-0.25, -0.2) is 0 Å².